The molecule has 8 heteroatoms. The van der Waals surface area contributed by atoms with E-state index in [0.29, 0.717) is 33.5 Å². The van der Waals surface area contributed by atoms with Gasteiger partial charge in [-0.2, -0.15) is 0 Å². The summed E-state index contributed by atoms with van der Waals surface area (Å²) in [7, 11) is 3.06. The summed E-state index contributed by atoms with van der Waals surface area (Å²) < 4.78 is 18.6. The topological polar surface area (TPSA) is 91.2 Å². The number of amides is 1. The zero-order valence-electron chi connectivity index (χ0n) is 19.6. The van der Waals surface area contributed by atoms with Crippen molar-refractivity contribution < 1.29 is 19.0 Å². The van der Waals surface area contributed by atoms with E-state index in [1.165, 1.54) is 14.2 Å². The number of aromatic nitrogens is 2. The first-order valence-corrected chi connectivity index (χ1v) is 11.1. The van der Waals surface area contributed by atoms with Crippen LogP contribution in [0.25, 0.3) is 38.1 Å². The van der Waals surface area contributed by atoms with Crippen LogP contribution >= 0.6 is 0 Å². The Morgan fingerprint density at radius 2 is 1.79 bits per heavy atom. The maximum Gasteiger partial charge on any atom is 0.267 e. The smallest absolute Gasteiger partial charge is 0.267 e. The summed E-state index contributed by atoms with van der Waals surface area (Å²) in [5, 5.41) is 5.66. The highest BCUT2D eigenvalue weighted by atomic mass is 16.5. The Hall–Kier alpha value is -4.07. The summed E-state index contributed by atoms with van der Waals surface area (Å²) in [5.41, 5.74) is 1.92. The van der Waals surface area contributed by atoms with E-state index < -0.39 is 6.10 Å². The first-order valence-electron chi connectivity index (χ1n) is 11.1. The van der Waals surface area contributed by atoms with Crippen molar-refractivity contribution in [1.29, 1.82) is 0 Å². The molecular formula is C26H25N3O5. The van der Waals surface area contributed by atoms with Crippen molar-refractivity contribution >= 4 is 44.0 Å². The summed E-state index contributed by atoms with van der Waals surface area (Å²) in [6.07, 6.45) is 1.06. The molecule has 0 bridgehead atoms. The van der Waals surface area contributed by atoms with Gasteiger partial charge >= 0.3 is 0 Å². The number of hydrogen-bond acceptors (Lipinski definition) is 6. The van der Waals surface area contributed by atoms with Gasteiger partial charge in [0, 0.05) is 28.4 Å². The molecule has 0 saturated carbocycles. The predicted molar refractivity (Wildman–Crippen MR) is 132 cm³/mol. The molecule has 5 aromatic rings. The molecule has 0 saturated heterocycles. The Kier molecular flexibility index (Phi) is 5.16. The van der Waals surface area contributed by atoms with E-state index in [1.807, 2.05) is 38.1 Å². The third-order valence-electron chi connectivity index (χ3n) is 5.98. The fourth-order valence-electron chi connectivity index (χ4n) is 4.53. The molecule has 174 valence electrons. The Morgan fingerprint density at radius 3 is 2.50 bits per heavy atom. The maximum absolute atomic E-state index is 13.8. The highest BCUT2D eigenvalue weighted by Gasteiger charge is 2.23. The molecule has 0 fully saturated rings. The van der Waals surface area contributed by atoms with Crippen LogP contribution in [0, 0.1) is 0 Å². The zero-order chi connectivity index (χ0) is 24.1. The maximum atomic E-state index is 13.8. The molecule has 0 aliphatic carbocycles. The summed E-state index contributed by atoms with van der Waals surface area (Å²) >= 11 is 0. The van der Waals surface area contributed by atoms with Crippen molar-refractivity contribution in [2.24, 2.45) is 0 Å². The molecule has 1 N–H and O–H groups in total. The van der Waals surface area contributed by atoms with Crippen LogP contribution < -0.4 is 25.1 Å². The number of nitrogens with zero attached hydrogens (tertiary/aromatic N) is 2. The summed E-state index contributed by atoms with van der Waals surface area (Å²) in [4.78, 5) is 30.7. The van der Waals surface area contributed by atoms with E-state index >= 15 is 0 Å². The Morgan fingerprint density at radius 1 is 1.00 bits per heavy atom. The highest BCUT2D eigenvalue weighted by Crippen LogP contribution is 2.39. The lowest BCUT2D eigenvalue weighted by Crippen LogP contribution is -2.40. The number of ether oxygens (including phenoxy) is 3. The zero-order valence-corrected chi connectivity index (χ0v) is 19.6. The van der Waals surface area contributed by atoms with Crippen LogP contribution in [0.3, 0.4) is 0 Å². The lowest BCUT2D eigenvalue weighted by molar-refractivity contribution is -0.127. The van der Waals surface area contributed by atoms with Crippen molar-refractivity contribution in [1.82, 2.24) is 14.7 Å². The highest BCUT2D eigenvalue weighted by molar-refractivity contribution is 6.19. The molecule has 3 heterocycles. The van der Waals surface area contributed by atoms with Crippen LogP contribution in [0.5, 0.6) is 17.2 Å². The van der Waals surface area contributed by atoms with Gasteiger partial charge in [0.2, 0.25) is 0 Å². The molecule has 0 aliphatic heterocycles. The molecule has 1 amide bonds. The molecule has 0 aliphatic rings. The second-order valence-corrected chi connectivity index (χ2v) is 8.52. The minimum Gasteiger partial charge on any atom is -0.493 e. The van der Waals surface area contributed by atoms with Gasteiger partial charge in [-0.3, -0.25) is 19.0 Å². The predicted octanol–water partition coefficient (Wildman–Crippen LogP) is 3.90. The average Bonchev–Trinajstić information content (AvgIpc) is 3.15. The van der Waals surface area contributed by atoms with Crippen molar-refractivity contribution in [2.75, 3.05) is 14.2 Å². The van der Waals surface area contributed by atoms with E-state index in [2.05, 4.69) is 10.3 Å². The van der Waals surface area contributed by atoms with Crippen LogP contribution in [-0.4, -0.2) is 41.7 Å². The number of carbonyl (C=O) groups is 1. The number of benzene rings is 2. The summed E-state index contributed by atoms with van der Waals surface area (Å²) in [6.45, 7) is 5.51. The van der Waals surface area contributed by atoms with Gasteiger partial charge in [0.25, 0.3) is 11.5 Å². The molecular weight excluding hydrogens is 434 g/mol. The molecule has 1 unspecified atom stereocenters. The summed E-state index contributed by atoms with van der Waals surface area (Å²) in [6, 6.07) is 11.0. The molecule has 1 atom stereocenters. The molecule has 3 aromatic heterocycles. The summed E-state index contributed by atoms with van der Waals surface area (Å²) in [5.74, 6) is 1.21. The van der Waals surface area contributed by atoms with E-state index in [-0.39, 0.29) is 17.5 Å². The number of pyridine rings is 2. The second-order valence-electron chi connectivity index (χ2n) is 8.52. The van der Waals surface area contributed by atoms with Crippen LogP contribution in [0.4, 0.5) is 0 Å². The van der Waals surface area contributed by atoms with Gasteiger partial charge in [-0.1, -0.05) is 0 Å². The van der Waals surface area contributed by atoms with E-state index in [9.17, 15) is 9.59 Å². The van der Waals surface area contributed by atoms with Crippen molar-refractivity contribution in [3.63, 3.8) is 0 Å². The van der Waals surface area contributed by atoms with E-state index in [0.717, 1.165) is 21.8 Å². The monoisotopic (exact) mass is 459 g/mol. The Bertz CT molecular complexity index is 1620. The van der Waals surface area contributed by atoms with Crippen molar-refractivity contribution in [2.45, 2.75) is 32.9 Å². The van der Waals surface area contributed by atoms with E-state index in [1.54, 1.807) is 29.7 Å². The molecule has 5 rings (SSSR count). The fraction of sp³-hybridized carbons (Fsp3) is 0.269. The quantitative estimate of drug-likeness (QED) is 0.387. The number of methoxy groups -OCH3 is 2. The van der Waals surface area contributed by atoms with Crippen LogP contribution in [0.1, 0.15) is 20.8 Å². The minimum absolute atomic E-state index is 0.0230. The van der Waals surface area contributed by atoms with Gasteiger partial charge < -0.3 is 19.5 Å². The van der Waals surface area contributed by atoms with Gasteiger partial charge in [0.15, 0.2) is 17.6 Å². The fourth-order valence-corrected chi connectivity index (χ4v) is 4.53. The van der Waals surface area contributed by atoms with E-state index in [4.69, 9.17) is 14.2 Å². The number of rotatable bonds is 6. The lowest BCUT2D eigenvalue weighted by Gasteiger charge is -2.16. The van der Waals surface area contributed by atoms with Gasteiger partial charge in [0.05, 0.1) is 36.2 Å². The van der Waals surface area contributed by atoms with Gasteiger partial charge in [0.1, 0.15) is 5.75 Å². The molecule has 8 nitrogen and oxygen atoms in total. The molecule has 0 radical (unpaired) electrons. The first kappa shape index (κ1) is 21.8. The third kappa shape index (κ3) is 3.17. The standard InChI is InChI=1S/C26H25N3O5/c1-13(2)28-25(30)14(3)34-15-6-8-19-18(12-15)16-10-11-27-22-17-7-9-20(32-4)24(33-5)21(17)26(31)29(19)23(16)22/h6-14H,1-5H3,(H,28,30). The molecule has 2 aromatic carbocycles. The Labute approximate surface area is 195 Å². The minimum atomic E-state index is -0.663. The SMILES string of the molecule is COc1ccc2c(c1OC)c(=O)n1c3ccc(OC(C)C(=O)NC(C)C)cc3c3ccnc2c31. The number of hydrogen-bond donors (Lipinski definition) is 1. The largest absolute Gasteiger partial charge is 0.493 e. The lowest BCUT2D eigenvalue weighted by atomic mass is 10.1. The van der Waals surface area contributed by atoms with Gasteiger partial charge in [-0.25, -0.2) is 0 Å². The first-order chi connectivity index (χ1) is 16.3. The normalized spacial score (nSPS) is 12.6. The average molecular weight is 460 g/mol. The second kappa shape index (κ2) is 8.06. The number of carbonyl (C=O) groups excluding carboxylic acids is 1. The Balaban J connectivity index is 1.77. The van der Waals surface area contributed by atoms with Crippen LogP contribution in [-0.2, 0) is 4.79 Å². The third-order valence-corrected chi connectivity index (χ3v) is 5.98. The molecule has 34 heavy (non-hydrogen) atoms. The van der Waals surface area contributed by atoms with Crippen LogP contribution in [0.2, 0.25) is 0 Å². The van der Waals surface area contributed by atoms with Crippen molar-refractivity contribution in [3.05, 3.63) is 52.9 Å². The van der Waals surface area contributed by atoms with Crippen molar-refractivity contribution in [3.8, 4) is 17.2 Å². The number of nitrogens with one attached hydrogen (secondary N) is 1. The molecule has 0 spiro atoms. The number of fused-ring (bicyclic) bond motifs is 5. The van der Waals surface area contributed by atoms with Gasteiger partial charge in [-0.15, -0.1) is 0 Å². The van der Waals surface area contributed by atoms with Gasteiger partial charge in [-0.05, 0) is 57.2 Å². The van der Waals surface area contributed by atoms with Crippen LogP contribution in [0.15, 0.2) is 47.4 Å².